The Morgan fingerprint density at radius 2 is 1.05 bits per heavy atom. The molecule has 11 heteroatoms. The molecule has 6 rings (SSSR count). The minimum Gasteiger partial charge on any atom is -0.870 e. The van der Waals surface area contributed by atoms with Crippen molar-refractivity contribution >= 4 is 35.1 Å². The summed E-state index contributed by atoms with van der Waals surface area (Å²) in [6, 6.07) is 27.2. The second-order valence-electron chi connectivity index (χ2n) is 15.5. The van der Waals surface area contributed by atoms with E-state index in [0.29, 0.717) is 53.4 Å². The first kappa shape index (κ1) is 49.7. The van der Waals surface area contributed by atoms with E-state index in [2.05, 4.69) is 19.9 Å². The Kier molecular flexibility index (Phi) is 20.7. The first-order valence-corrected chi connectivity index (χ1v) is 20.1. The zero-order valence-electron chi connectivity index (χ0n) is 34.1. The number of hydrogen-bond donors (Lipinski definition) is 1. The van der Waals surface area contributed by atoms with E-state index in [9.17, 15) is 14.7 Å². The third kappa shape index (κ3) is 15.3. The molecule has 2 saturated carbocycles. The van der Waals surface area contributed by atoms with Crippen LogP contribution in [-0.4, -0.2) is 47.8 Å². The molecule has 304 valence electrons. The molecule has 0 aromatic heterocycles. The van der Waals surface area contributed by atoms with Gasteiger partial charge in [0.1, 0.15) is 11.5 Å². The van der Waals surface area contributed by atoms with Gasteiger partial charge in [0, 0.05) is 21.2 Å². The van der Waals surface area contributed by atoms with Crippen LogP contribution in [0, 0.1) is 23.7 Å². The Morgan fingerprint density at radius 1 is 0.667 bits per heavy atom. The van der Waals surface area contributed by atoms with E-state index in [-0.39, 0.29) is 41.7 Å². The molecule has 2 aliphatic carbocycles. The van der Waals surface area contributed by atoms with Crippen LogP contribution in [0.3, 0.4) is 0 Å². The Balaban J connectivity index is 0.000000375. The molecule has 0 bridgehead atoms. The summed E-state index contributed by atoms with van der Waals surface area (Å²) >= 11 is 12.1. The van der Waals surface area contributed by atoms with Crippen molar-refractivity contribution in [2.24, 2.45) is 23.7 Å². The van der Waals surface area contributed by atoms with Gasteiger partial charge in [-0.25, -0.2) is 0 Å². The van der Waals surface area contributed by atoms with E-state index in [0.717, 1.165) is 57.9 Å². The maximum absolute atomic E-state index is 12.6. The topological polar surface area (TPSA) is 144 Å². The molecule has 4 aromatic carbocycles. The van der Waals surface area contributed by atoms with Crippen molar-refractivity contribution in [3.8, 4) is 33.8 Å². The van der Waals surface area contributed by atoms with Crippen LogP contribution in [0.25, 0.3) is 22.3 Å². The zero-order chi connectivity index (χ0) is 38.8. The minimum absolute atomic E-state index is 0. The van der Waals surface area contributed by atoms with E-state index in [1.807, 2.05) is 99.6 Å². The van der Waals surface area contributed by atoms with Gasteiger partial charge in [-0.2, -0.15) is 0 Å². The first-order chi connectivity index (χ1) is 25.9. The second-order valence-corrected chi connectivity index (χ2v) is 16.4. The van der Waals surface area contributed by atoms with Crippen molar-refractivity contribution in [2.45, 2.75) is 85.0 Å². The molecule has 2 aliphatic rings. The Morgan fingerprint density at radius 3 is 1.40 bits per heavy atom. The molecule has 0 saturated heterocycles. The standard InChI is InChI=1S/C24H29ClO3.C22H25ClO3.Li.2H2O/c1-4-27-24(26)22(13-16(2)3)19-9-12-23(28-15-17-5-6-17)21(14-19)18-7-10-20(25)11-8-18;1-14(2)11-20(22(24)25)17-7-10-21(26-13-15-3-4-15)19(12-17)16-5-8-18(23)9-6-16;;;/h7-12,14,16-17,22H,4-6,13,15H2,1-3H3;5-10,12,14-15,20H,3-4,11,13H2,1-2H3,(H,24,25);;2*1H2/q;;+1;;/p-1. The van der Waals surface area contributed by atoms with Crippen molar-refractivity contribution in [1.82, 2.24) is 0 Å². The molecule has 2 fully saturated rings. The first-order valence-electron chi connectivity index (χ1n) is 19.4. The average molecular weight is 816 g/mol. The molecule has 0 spiro atoms. The average Bonchev–Trinajstić information content (AvgIpc) is 4.09. The SMILES string of the molecule is CC(C)CC(C(=O)O)c1ccc(OCC2CC2)c(-c2ccc(Cl)cc2)c1.CCOC(=O)C(CC(C)C)c1ccc(OCC2CC2)c(-c2ccc(Cl)cc2)c1.O.[Li+].[OH-]. The summed E-state index contributed by atoms with van der Waals surface area (Å²) in [4.78, 5) is 24.4. The Labute approximate surface area is 360 Å². The molecule has 2 unspecified atom stereocenters. The van der Waals surface area contributed by atoms with Gasteiger partial charge in [0.15, 0.2) is 0 Å². The number of rotatable bonds is 17. The number of aliphatic carboxylic acids is 1. The Hall–Kier alpha value is -3.48. The molecule has 4 aromatic rings. The van der Waals surface area contributed by atoms with Gasteiger partial charge < -0.3 is 30.3 Å². The molecular formula is C46H57Cl2LiO8. The van der Waals surface area contributed by atoms with Crippen molar-refractivity contribution in [2.75, 3.05) is 19.8 Å². The molecular weight excluding hydrogens is 758 g/mol. The second kappa shape index (κ2) is 23.8. The summed E-state index contributed by atoms with van der Waals surface area (Å²) in [5.41, 5.74) is 5.72. The van der Waals surface area contributed by atoms with E-state index in [1.165, 1.54) is 25.7 Å². The number of carboxylic acid groups (broad SMARTS) is 1. The predicted molar refractivity (Wildman–Crippen MR) is 224 cm³/mol. The molecule has 8 nitrogen and oxygen atoms in total. The molecule has 0 heterocycles. The van der Waals surface area contributed by atoms with Crippen LogP contribution in [-0.2, 0) is 14.3 Å². The number of esters is 1. The molecule has 0 radical (unpaired) electrons. The van der Waals surface area contributed by atoms with Crippen molar-refractivity contribution in [3.63, 3.8) is 0 Å². The van der Waals surface area contributed by atoms with Gasteiger partial charge in [0.25, 0.3) is 0 Å². The fourth-order valence-corrected chi connectivity index (χ4v) is 6.66. The number of benzene rings is 4. The molecule has 0 aliphatic heterocycles. The monoisotopic (exact) mass is 814 g/mol. The summed E-state index contributed by atoms with van der Waals surface area (Å²) in [5, 5.41) is 11.1. The van der Waals surface area contributed by atoms with Crippen LogP contribution in [0.5, 0.6) is 11.5 Å². The molecule has 4 N–H and O–H groups in total. The summed E-state index contributed by atoms with van der Waals surface area (Å²) in [6.45, 7) is 12.0. The van der Waals surface area contributed by atoms with Crippen molar-refractivity contribution in [1.29, 1.82) is 0 Å². The maximum Gasteiger partial charge on any atom is 1.00 e. The smallest absolute Gasteiger partial charge is 0.870 e. The fourth-order valence-electron chi connectivity index (χ4n) is 6.41. The molecule has 0 amide bonds. The fraction of sp³-hybridized carbons (Fsp3) is 0.435. The van der Waals surface area contributed by atoms with Gasteiger partial charge in [0.05, 0.1) is 31.7 Å². The predicted octanol–water partition coefficient (Wildman–Crippen LogP) is 8.50. The van der Waals surface area contributed by atoms with E-state index in [4.69, 9.17) is 37.4 Å². The summed E-state index contributed by atoms with van der Waals surface area (Å²) in [7, 11) is 0. The minimum atomic E-state index is -0.785. The molecule has 57 heavy (non-hydrogen) atoms. The number of carboxylic acids is 1. The van der Waals surface area contributed by atoms with Gasteiger partial charge in [-0.1, -0.05) is 87.3 Å². The van der Waals surface area contributed by atoms with E-state index >= 15 is 0 Å². The molecule has 2 atom stereocenters. The van der Waals surface area contributed by atoms with Crippen LogP contribution >= 0.6 is 23.2 Å². The van der Waals surface area contributed by atoms with Crippen LogP contribution in [0.1, 0.15) is 96.1 Å². The summed E-state index contributed by atoms with van der Waals surface area (Å²) in [6.07, 6.45) is 6.30. The van der Waals surface area contributed by atoms with Gasteiger partial charge >= 0.3 is 30.8 Å². The van der Waals surface area contributed by atoms with Crippen LogP contribution in [0.4, 0.5) is 0 Å². The van der Waals surface area contributed by atoms with Crippen molar-refractivity contribution in [3.05, 3.63) is 106 Å². The summed E-state index contributed by atoms with van der Waals surface area (Å²) in [5.74, 6) is 1.94. The largest absolute Gasteiger partial charge is 1.00 e. The maximum atomic E-state index is 12.6. The normalized spacial score (nSPS) is 14.1. The zero-order valence-corrected chi connectivity index (χ0v) is 35.6. The van der Waals surface area contributed by atoms with Gasteiger partial charge in [-0.15, -0.1) is 0 Å². The van der Waals surface area contributed by atoms with Crippen LogP contribution in [0.15, 0.2) is 84.9 Å². The summed E-state index contributed by atoms with van der Waals surface area (Å²) < 4.78 is 17.5. The number of halogens is 2. The quantitative estimate of drug-likeness (QED) is 0.0832. The van der Waals surface area contributed by atoms with Crippen LogP contribution < -0.4 is 28.3 Å². The Bertz CT molecular complexity index is 1840. The van der Waals surface area contributed by atoms with Crippen LogP contribution in [0.2, 0.25) is 10.0 Å². The number of carbonyl (C=O) groups is 2. The van der Waals surface area contributed by atoms with Crippen molar-refractivity contribution < 1.29 is 58.7 Å². The number of carbonyl (C=O) groups excluding carboxylic acids is 1. The number of ether oxygens (including phenoxy) is 3. The van der Waals surface area contributed by atoms with E-state index in [1.54, 1.807) is 0 Å². The third-order valence-electron chi connectivity index (χ3n) is 9.75. The van der Waals surface area contributed by atoms with Gasteiger partial charge in [-0.05, 0) is 140 Å². The van der Waals surface area contributed by atoms with Gasteiger partial charge in [0.2, 0.25) is 0 Å². The van der Waals surface area contributed by atoms with Gasteiger partial charge in [-0.3, -0.25) is 9.59 Å². The third-order valence-corrected chi connectivity index (χ3v) is 10.3. The van der Waals surface area contributed by atoms with E-state index < -0.39 is 11.9 Å². The number of hydrogen-bond acceptors (Lipinski definition) is 6.